The molecule has 1 aromatic rings. The first-order valence-corrected chi connectivity index (χ1v) is 8.43. The van der Waals surface area contributed by atoms with Crippen LogP contribution < -0.4 is 10.5 Å². The van der Waals surface area contributed by atoms with Gasteiger partial charge in [0.05, 0.1) is 0 Å². The van der Waals surface area contributed by atoms with Crippen LogP contribution in [0.25, 0.3) is 0 Å². The van der Waals surface area contributed by atoms with Crippen LogP contribution in [0.15, 0.2) is 21.6 Å². The van der Waals surface area contributed by atoms with E-state index in [9.17, 15) is 13.2 Å². The van der Waals surface area contributed by atoms with Gasteiger partial charge in [-0.2, -0.15) is 0 Å². The molecule has 7 nitrogen and oxygen atoms in total. The number of hydrogen-bond acceptors (Lipinski definition) is 5. The molecule has 2 rings (SSSR count). The molecule has 8 heteroatoms. The molecule has 0 bridgehead atoms. The summed E-state index contributed by atoms with van der Waals surface area (Å²) in [4.78, 5) is 14.2. The molecule has 0 spiro atoms. The van der Waals surface area contributed by atoms with Crippen molar-refractivity contribution in [1.82, 2.24) is 9.62 Å². The molecule has 2 atom stereocenters. The van der Waals surface area contributed by atoms with Gasteiger partial charge < -0.3 is 15.1 Å². The van der Waals surface area contributed by atoms with Gasteiger partial charge in [0.15, 0.2) is 5.76 Å². The van der Waals surface area contributed by atoms with Crippen molar-refractivity contribution in [3.8, 4) is 0 Å². The first-order chi connectivity index (χ1) is 9.90. The maximum atomic E-state index is 12.5. The summed E-state index contributed by atoms with van der Waals surface area (Å²) in [6.07, 6.45) is 1.94. The minimum absolute atomic E-state index is 0.0244. The van der Waals surface area contributed by atoms with Crippen molar-refractivity contribution < 1.29 is 17.6 Å². The van der Waals surface area contributed by atoms with Gasteiger partial charge in [0, 0.05) is 19.1 Å². The predicted octanol–water partition coefficient (Wildman–Crippen LogP) is 0.387. The lowest BCUT2D eigenvalue weighted by atomic mass is 9.90. The molecule has 0 aromatic carbocycles. The Balaban J connectivity index is 2.24. The highest BCUT2D eigenvalue weighted by Gasteiger charge is 2.33. The van der Waals surface area contributed by atoms with Gasteiger partial charge in [-0.1, -0.05) is 6.92 Å². The predicted molar refractivity (Wildman–Crippen MR) is 77.2 cm³/mol. The molecule has 1 aromatic heterocycles. The van der Waals surface area contributed by atoms with Crippen molar-refractivity contribution >= 4 is 15.9 Å². The van der Waals surface area contributed by atoms with Crippen molar-refractivity contribution in [1.29, 1.82) is 0 Å². The quantitative estimate of drug-likeness (QED) is 0.836. The summed E-state index contributed by atoms with van der Waals surface area (Å²) in [5, 5.41) is -0.261. The standard InChI is InChI=1S/C13H21N3O4S/c1-9-4-3-7-16(10(9)8-14)13(17)11-5-6-12(20-11)21(18,19)15-2/h5-6,9-10,15H,3-4,7-8,14H2,1-2H3/t9-,10-/m1/s1. The Kier molecular flexibility index (Phi) is 4.70. The van der Waals surface area contributed by atoms with E-state index < -0.39 is 10.0 Å². The first kappa shape index (κ1) is 16.0. The largest absolute Gasteiger partial charge is 0.438 e. The van der Waals surface area contributed by atoms with E-state index >= 15 is 0 Å². The van der Waals surface area contributed by atoms with E-state index in [1.54, 1.807) is 4.90 Å². The van der Waals surface area contributed by atoms with Gasteiger partial charge in [-0.3, -0.25) is 4.79 Å². The molecule has 118 valence electrons. The number of likely N-dealkylation sites (tertiary alicyclic amines) is 1. The molecule has 2 heterocycles. The number of hydrogen-bond donors (Lipinski definition) is 2. The third-order valence-electron chi connectivity index (χ3n) is 3.94. The summed E-state index contributed by atoms with van der Waals surface area (Å²) in [6.45, 7) is 3.06. The minimum atomic E-state index is -3.68. The summed E-state index contributed by atoms with van der Waals surface area (Å²) in [5.41, 5.74) is 5.77. The van der Waals surface area contributed by atoms with Crippen LogP contribution in [0.5, 0.6) is 0 Å². The van der Waals surface area contributed by atoms with Crippen molar-refractivity contribution in [2.24, 2.45) is 11.7 Å². The zero-order chi connectivity index (χ0) is 15.6. The second kappa shape index (κ2) is 6.17. The molecule has 1 fully saturated rings. The summed E-state index contributed by atoms with van der Waals surface area (Å²) in [7, 11) is -2.40. The Hall–Kier alpha value is -1.38. The van der Waals surface area contributed by atoms with Crippen LogP contribution in [0.3, 0.4) is 0 Å². The smallest absolute Gasteiger partial charge is 0.289 e. The number of rotatable bonds is 4. The fourth-order valence-corrected chi connectivity index (χ4v) is 3.33. The fourth-order valence-electron chi connectivity index (χ4n) is 2.68. The molecular weight excluding hydrogens is 294 g/mol. The van der Waals surface area contributed by atoms with Crippen molar-refractivity contribution in [2.75, 3.05) is 20.1 Å². The Bertz CT molecular complexity index is 611. The molecular formula is C13H21N3O4S. The number of amides is 1. The van der Waals surface area contributed by atoms with Crippen LogP contribution in [0.1, 0.15) is 30.3 Å². The van der Waals surface area contributed by atoms with E-state index in [4.69, 9.17) is 10.2 Å². The molecule has 0 aliphatic carbocycles. The van der Waals surface area contributed by atoms with Gasteiger partial charge in [0.1, 0.15) is 0 Å². The Morgan fingerprint density at radius 1 is 1.52 bits per heavy atom. The molecule has 1 amide bonds. The highest BCUT2D eigenvalue weighted by atomic mass is 32.2. The normalized spacial score (nSPS) is 23.3. The molecule has 1 aliphatic heterocycles. The Labute approximate surface area is 124 Å². The van der Waals surface area contributed by atoms with Gasteiger partial charge in [0.25, 0.3) is 15.9 Å². The molecule has 1 saturated heterocycles. The number of carbonyl (C=O) groups is 1. The number of sulfonamides is 1. The Morgan fingerprint density at radius 2 is 2.24 bits per heavy atom. The molecule has 0 unspecified atom stereocenters. The third kappa shape index (κ3) is 3.12. The van der Waals surface area contributed by atoms with Crippen LogP contribution in [0.4, 0.5) is 0 Å². The second-order valence-electron chi connectivity index (χ2n) is 5.25. The van der Waals surface area contributed by atoms with Crippen LogP contribution in [-0.2, 0) is 10.0 Å². The number of nitrogens with two attached hydrogens (primary N) is 1. The van der Waals surface area contributed by atoms with E-state index in [2.05, 4.69) is 11.6 Å². The highest BCUT2D eigenvalue weighted by molar-refractivity contribution is 7.89. The fraction of sp³-hybridized carbons (Fsp3) is 0.615. The lowest BCUT2D eigenvalue weighted by Crippen LogP contribution is -2.51. The molecule has 0 saturated carbocycles. The van der Waals surface area contributed by atoms with Gasteiger partial charge in [-0.15, -0.1) is 0 Å². The topological polar surface area (TPSA) is 106 Å². The second-order valence-corrected chi connectivity index (χ2v) is 7.06. The molecule has 0 radical (unpaired) electrons. The van der Waals surface area contributed by atoms with Crippen molar-refractivity contribution in [2.45, 2.75) is 30.9 Å². The van der Waals surface area contributed by atoms with Crippen LogP contribution >= 0.6 is 0 Å². The summed E-state index contributed by atoms with van der Waals surface area (Å²) in [6, 6.07) is 2.63. The van der Waals surface area contributed by atoms with Crippen molar-refractivity contribution in [3.63, 3.8) is 0 Å². The van der Waals surface area contributed by atoms with Gasteiger partial charge >= 0.3 is 0 Å². The number of nitrogens with one attached hydrogen (secondary N) is 1. The van der Waals surface area contributed by atoms with Crippen molar-refractivity contribution in [3.05, 3.63) is 17.9 Å². The van der Waals surface area contributed by atoms with Crippen LogP contribution in [0, 0.1) is 5.92 Å². The average molecular weight is 315 g/mol. The van der Waals surface area contributed by atoms with E-state index in [1.165, 1.54) is 19.2 Å². The first-order valence-electron chi connectivity index (χ1n) is 6.95. The van der Waals surface area contributed by atoms with Gasteiger partial charge in [-0.05, 0) is 37.9 Å². The molecule has 21 heavy (non-hydrogen) atoms. The zero-order valence-electron chi connectivity index (χ0n) is 12.2. The molecule has 1 aliphatic rings. The summed E-state index contributed by atoms with van der Waals surface area (Å²) < 4.78 is 30.6. The highest BCUT2D eigenvalue weighted by Crippen LogP contribution is 2.25. The number of piperidine rings is 1. The maximum Gasteiger partial charge on any atom is 0.289 e. The average Bonchev–Trinajstić information content (AvgIpc) is 2.96. The van der Waals surface area contributed by atoms with Gasteiger partial charge in [-0.25, -0.2) is 13.1 Å². The van der Waals surface area contributed by atoms with Crippen LogP contribution in [0.2, 0.25) is 0 Å². The van der Waals surface area contributed by atoms with Gasteiger partial charge in [0.2, 0.25) is 5.09 Å². The van der Waals surface area contributed by atoms with E-state index in [-0.39, 0.29) is 22.8 Å². The van der Waals surface area contributed by atoms with E-state index in [0.717, 1.165) is 12.8 Å². The third-order valence-corrected chi connectivity index (χ3v) is 5.23. The summed E-state index contributed by atoms with van der Waals surface area (Å²) >= 11 is 0. The minimum Gasteiger partial charge on any atom is -0.438 e. The lowest BCUT2D eigenvalue weighted by Gasteiger charge is -2.38. The lowest BCUT2D eigenvalue weighted by molar-refractivity contribution is 0.0496. The van der Waals surface area contributed by atoms with Crippen LogP contribution in [-0.4, -0.2) is 45.4 Å². The zero-order valence-corrected chi connectivity index (χ0v) is 13.0. The monoisotopic (exact) mass is 315 g/mol. The number of carbonyl (C=O) groups excluding carboxylic acids is 1. The van der Waals surface area contributed by atoms with E-state index in [1.807, 2.05) is 0 Å². The molecule has 3 N–H and O–H groups in total. The Morgan fingerprint density at radius 3 is 2.86 bits per heavy atom. The maximum absolute atomic E-state index is 12.5. The number of nitrogens with zero attached hydrogens (tertiary/aromatic N) is 1. The van der Waals surface area contributed by atoms with E-state index in [0.29, 0.717) is 19.0 Å². The summed E-state index contributed by atoms with van der Waals surface area (Å²) in [5.74, 6) is 0.0362. The SMILES string of the molecule is CNS(=O)(=O)c1ccc(C(=O)N2CCC[C@@H](C)[C@H]2CN)o1. The number of furan rings is 1.